The van der Waals surface area contributed by atoms with Gasteiger partial charge >= 0.3 is 0 Å². The van der Waals surface area contributed by atoms with Gasteiger partial charge in [0.15, 0.2) is 0 Å². The summed E-state index contributed by atoms with van der Waals surface area (Å²) in [6.45, 7) is 1.64. The third-order valence-corrected chi connectivity index (χ3v) is 1.64. The summed E-state index contributed by atoms with van der Waals surface area (Å²) >= 11 is 0. The predicted molar refractivity (Wildman–Crippen MR) is 49.0 cm³/mol. The Kier molecular flexibility index (Phi) is 3.47. The van der Waals surface area contributed by atoms with E-state index in [1.807, 2.05) is 11.9 Å². The molecular formula is C8H14N4. The Morgan fingerprint density at radius 2 is 2.33 bits per heavy atom. The molecule has 0 unspecified atom stereocenters. The molecule has 12 heavy (non-hydrogen) atoms. The van der Waals surface area contributed by atoms with Crippen molar-refractivity contribution in [2.24, 2.45) is 5.73 Å². The molecule has 1 aromatic heterocycles. The lowest BCUT2D eigenvalue weighted by Gasteiger charge is -2.16. The highest BCUT2D eigenvalue weighted by atomic mass is 15.2. The number of hydrogen-bond acceptors (Lipinski definition) is 4. The minimum Gasteiger partial charge on any atom is -0.358 e. The van der Waals surface area contributed by atoms with Crippen LogP contribution in [0.2, 0.25) is 0 Å². The second-order valence-electron chi connectivity index (χ2n) is 2.63. The monoisotopic (exact) mass is 166 g/mol. The van der Waals surface area contributed by atoms with Gasteiger partial charge < -0.3 is 10.6 Å². The van der Waals surface area contributed by atoms with Crippen LogP contribution in [0.4, 0.5) is 5.82 Å². The highest BCUT2D eigenvalue weighted by Gasteiger charge is 1.99. The summed E-state index contributed by atoms with van der Waals surface area (Å²) in [5.41, 5.74) is 5.39. The molecule has 2 N–H and O–H groups in total. The lowest BCUT2D eigenvalue weighted by molar-refractivity contribution is 0.784. The summed E-state index contributed by atoms with van der Waals surface area (Å²) in [7, 11) is 1.99. The van der Waals surface area contributed by atoms with Crippen molar-refractivity contribution in [2.45, 2.75) is 6.42 Å². The van der Waals surface area contributed by atoms with Crippen LogP contribution in [-0.4, -0.2) is 30.1 Å². The number of anilines is 1. The average molecular weight is 166 g/mol. The van der Waals surface area contributed by atoms with E-state index in [1.54, 1.807) is 18.6 Å². The first kappa shape index (κ1) is 8.93. The average Bonchev–Trinajstić information content (AvgIpc) is 2.15. The fraction of sp³-hybridized carbons (Fsp3) is 0.500. The lowest BCUT2D eigenvalue weighted by Crippen LogP contribution is -2.21. The quantitative estimate of drug-likeness (QED) is 0.697. The molecule has 1 heterocycles. The molecule has 0 radical (unpaired) electrons. The molecule has 0 saturated carbocycles. The van der Waals surface area contributed by atoms with E-state index >= 15 is 0 Å². The maximum absolute atomic E-state index is 5.39. The summed E-state index contributed by atoms with van der Waals surface area (Å²) < 4.78 is 0. The van der Waals surface area contributed by atoms with Crippen LogP contribution >= 0.6 is 0 Å². The van der Waals surface area contributed by atoms with E-state index in [-0.39, 0.29) is 0 Å². The van der Waals surface area contributed by atoms with Gasteiger partial charge in [0.1, 0.15) is 5.82 Å². The molecule has 66 valence electrons. The molecule has 0 aliphatic rings. The van der Waals surface area contributed by atoms with Gasteiger partial charge in [0.2, 0.25) is 0 Å². The molecule has 1 aromatic rings. The number of hydrogen-bond donors (Lipinski definition) is 1. The summed E-state index contributed by atoms with van der Waals surface area (Å²) in [6.07, 6.45) is 6.08. The predicted octanol–water partition coefficient (Wildman–Crippen LogP) is 0.262. The summed E-state index contributed by atoms with van der Waals surface area (Å²) in [5.74, 6) is 0.894. The Morgan fingerprint density at radius 1 is 1.50 bits per heavy atom. The van der Waals surface area contributed by atoms with Gasteiger partial charge in [-0.3, -0.25) is 4.98 Å². The Labute approximate surface area is 72.4 Å². The van der Waals surface area contributed by atoms with Crippen LogP contribution in [0.15, 0.2) is 18.6 Å². The number of nitrogens with two attached hydrogens (primary N) is 1. The van der Waals surface area contributed by atoms with Gasteiger partial charge in [-0.1, -0.05) is 0 Å². The van der Waals surface area contributed by atoms with Crippen LogP contribution in [-0.2, 0) is 0 Å². The third kappa shape index (κ3) is 2.47. The highest BCUT2D eigenvalue weighted by Crippen LogP contribution is 2.03. The van der Waals surface area contributed by atoms with Crippen LogP contribution in [0.25, 0.3) is 0 Å². The van der Waals surface area contributed by atoms with Gasteiger partial charge in [-0.05, 0) is 13.0 Å². The molecule has 0 aliphatic heterocycles. The molecular weight excluding hydrogens is 152 g/mol. The Bertz CT molecular complexity index is 212. The number of aromatic nitrogens is 2. The molecule has 4 heteroatoms. The largest absolute Gasteiger partial charge is 0.358 e. The first-order valence-electron chi connectivity index (χ1n) is 4.02. The van der Waals surface area contributed by atoms with E-state index in [0.717, 1.165) is 18.8 Å². The van der Waals surface area contributed by atoms with Crippen LogP contribution in [0.5, 0.6) is 0 Å². The van der Waals surface area contributed by atoms with Crippen molar-refractivity contribution in [1.29, 1.82) is 0 Å². The molecule has 0 spiro atoms. The standard InChI is InChI=1S/C8H14N4/c1-12(6-2-3-9)8-7-10-4-5-11-8/h4-5,7H,2-3,6,9H2,1H3. The van der Waals surface area contributed by atoms with Gasteiger partial charge in [-0.25, -0.2) is 4.98 Å². The first-order chi connectivity index (χ1) is 5.84. The van der Waals surface area contributed by atoms with E-state index < -0.39 is 0 Å². The fourth-order valence-electron chi connectivity index (χ4n) is 0.931. The first-order valence-corrected chi connectivity index (χ1v) is 4.02. The smallest absolute Gasteiger partial charge is 0.146 e. The molecule has 0 saturated heterocycles. The van der Waals surface area contributed by atoms with E-state index in [1.165, 1.54) is 0 Å². The van der Waals surface area contributed by atoms with Gasteiger partial charge in [0.25, 0.3) is 0 Å². The second kappa shape index (κ2) is 4.66. The van der Waals surface area contributed by atoms with Crippen molar-refractivity contribution < 1.29 is 0 Å². The van der Waals surface area contributed by atoms with E-state index in [4.69, 9.17) is 5.73 Å². The Balaban J connectivity index is 2.48. The molecule has 0 bridgehead atoms. The molecule has 1 rings (SSSR count). The Morgan fingerprint density at radius 3 is 2.92 bits per heavy atom. The minimum absolute atomic E-state index is 0.713. The SMILES string of the molecule is CN(CCCN)c1cnccn1. The molecule has 0 aromatic carbocycles. The zero-order chi connectivity index (χ0) is 8.81. The van der Waals surface area contributed by atoms with Crippen molar-refractivity contribution >= 4 is 5.82 Å². The van der Waals surface area contributed by atoms with Crippen molar-refractivity contribution in [1.82, 2.24) is 9.97 Å². The fourth-order valence-corrected chi connectivity index (χ4v) is 0.931. The molecule has 0 amide bonds. The third-order valence-electron chi connectivity index (χ3n) is 1.64. The maximum Gasteiger partial charge on any atom is 0.146 e. The maximum atomic E-state index is 5.39. The van der Waals surface area contributed by atoms with Crippen molar-refractivity contribution in [2.75, 3.05) is 25.0 Å². The topological polar surface area (TPSA) is 55.0 Å². The zero-order valence-corrected chi connectivity index (χ0v) is 7.27. The van der Waals surface area contributed by atoms with Gasteiger partial charge in [-0.2, -0.15) is 0 Å². The molecule has 4 nitrogen and oxygen atoms in total. The van der Waals surface area contributed by atoms with Gasteiger partial charge in [0.05, 0.1) is 6.20 Å². The van der Waals surface area contributed by atoms with Gasteiger partial charge in [0, 0.05) is 26.0 Å². The second-order valence-corrected chi connectivity index (χ2v) is 2.63. The summed E-state index contributed by atoms with van der Waals surface area (Å²) in [6, 6.07) is 0. The Hall–Kier alpha value is -1.16. The normalized spacial score (nSPS) is 9.83. The van der Waals surface area contributed by atoms with E-state index in [0.29, 0.717) is 6.54 Å². The van der Waals surface area contributed by atoms with Crippen LogP contribution in [0, 0.1) is 0 Å². The van der Waals surface area contributed by atoms with E-state index in [9.17, 15) is 0 Å². The van der Waals surface area contributed by atoms with Crippen molar-refractivity contribution in [3.05, 3.63) is 18.6 Å². The van der Waals surface area contributed by atoms with E-state index in [2.05, 4.69) is 9.97 Å². The number of nitrogens with zero attached hydrogens (tertiary/aromatic N) is 3. The van der Waals surface area contributed by atoms with Crippen LogP contribution in [0.3, 0.4) is 0 Å². The zero-order valence-electron chi connectivity index (χ0n) is 7.27. The van der Waals surface area contributed by atoms with Crippen molar-refractivity contribution in [3.63, 3.8) is 0 Å². The van der Waals surface area contributed by atoms with Crippen LogP contribution in [0.1, 0.15) is 6.42 Å². The summed E-state index contributed by atoms with van der Waals surface area (Å²) in [4.78, 5) is 10.2. The van der Waals surface area contributed by atoms with Crippen LogP contribution < -0.4 is 10.6 Å². The number of rotatable bonds is 4. The molecule has 0 fully saturated rings. The lowest BCUT2D eigenvalue weighted by atomic mass is 10.4. The van der Waals surface area contributed by atoms with Gasteiger partial charge in [-0.15, -0.1) is 0 Å². The minimum atomic E-state index is 0.713. The molecule has 0 aliphatic carbocycles. The highest BCUT2D eigenvalue weighted by molar-refractivity contribution is 5.33. The summed E-state index contributed by atoms with van der Waals surface area (Å²) in [5, 5.41) is 0. The molecule has 0 atom stereocenters. The van der Waals surface area contributed by atoms with Crippen molar-refractivity contribution in [3.8, 4) is 0 Å².